The molecule has 0 saturated heterocycles. The van der Waals surface area contributed by atoms with E-state index in [0.29, 0.717) is 0 Å². The van der Waals surface area contributed by atoms with Crippen LogP contribution in [0.25, 0.3) is 0 Å². The van der Waals surface area contributed by atoms with Gasteiger partial charge in [0.05, 0.1) is 6.61 Å². The van der Waals surface area contributed by atoms with Gasteiger partial charge in [-0.05, 0) is 12.2 Å². The van der Waals surface area contributed by atoms with Gasteiger partial charge in [-0.1, -0.05) is 0 Å². The molecule has 0 radical (unpaired) electrons. The zero-order valence-corrected chi connectivity index (χ0v) is 11.4. The zero-order valence-electron chi connectivity index (χ0n) is 10.6. The average Bonchev–Trinajstić information content (AvgIpc) is 2.39. The van der Waals surface area contributed by atoms with Crippen LogP contribution in [-0.2, 0) is 14.4 Å². The van der Waals surface area contributed by atoms with Gasteiger partial charge in [0.2, 0.25) is 0 Å². The van der Waals surface area contributed by atoms with Crippen molar-refractivity contribution >= 4 is 29.6 Å². The second-order valence-corrected chi connectivity index (χ2v) is 5.06. The van der Waals surface area contributed by atoms with E-state index in [0.717, 1.165) is 11.8 Å². The van der Waals surface area contributed by atoms with E-state index in [1.54, 1.807) is 0 Å². The van der Waals surface area contributed by atoms with E-state index in [1.807, 2.05) is 0 Å². The minimum atomic E-state index is -1.68. The molecule has 0 saturated carbocycles. The summed E-state index contributed by atoms with van der Waals surface area (Å²) in [7, 11) is 0. The van der Waals surface area contributed by atoms with E-state index >= 15 is 0 Å². The Hall–Kier alpha value is -1.36. The SMILES string of the molecule is NC(CSCCC(NC(=O)C(O)CO)C(=O)O)C(=O)O. The van der Waals surface area contributed by atoms with Gasteiger partial charge in [0.1, 0.15) is 12.1 Å². The Morgan fingerprint density at radius 1 is 1.20 bits per heavy atom. The first-order valence-electron chi connectivity index (χ1n) is 5.67. The van der Waals surface area contributed by atoms with Crippen LogP contribution >= 0.6 is 11.8 Å². The molecule has 0 aromatic rings. The number of aliphatic hydroxyl groups is 2. The first kappa shape index (κ1) is 18.6. The van der Waals surface area contributed by atoms with Gasteiger partial charge in [0, 0.05) is 5.75 Å². The molecule has 0 fully saturated rings. The number of hydrogen-bond donors (Lipinski definition) is 6. The van der Waals surface area contributed by atoms with Crippen LogP contribution in [0.3, 0.4) is 0 Å². The highest BCUT2D eigenvalue weighted by molar-refractivity contribution is 7.99. The van der Waals surface area contributed by atoms with E-state index in [4.69, 9.17) is 26.2 Å². The number of thioether (sulfide) groups is 1. The molecule has 0 aromatic heterocycles. The largest absolute Gasteiger partial charge is 0.480 e. The van der Waals surface area contributed by atoms with Gasteiger partial charge in [0.25, 0.3) is 5.91 Å². The summed E-state index contributed by atoms with van der Waals surface area (Å²) in [6, 6.07) is -2.26. The summed E-state index contributed by atoms with van der Waals surface area (Å²) < 4.78 is 0. The Bertz CT molecular complexity index is 352. The summed E-state index contributed by atoms with van der Waals surface area (Å²) in [6.07, 6.45) is -1.64. The van der Waals surface area contributed by atoms with Crippen LogP contribution in [0.4, 0.5) is 0 Å². The van der Waals surface area contributed by atoms with Crippen LogP contribution < -0.4 is 11.1 Å². The third-order valence-electron chi connectivity index (χ3n) is 2.26. The molecule has 0 spiro atoms. The third kappa shape index (κ3) is 7.28. The summed E-state index contributed by atoms with van der Waals surface area (Å²) in [5.74, 6) is -3.02. The van der Waals surface area contributed by atoms with E-state index in [1.165, 1.54) is 0 Å². The van der Waals surface area contributed by atoms with Crippen molar-refractivity contribution in [3.8, 4) is 0 Å². The number of aliphatic carboxylic acids is 2. The van der Waals surface area contributed by atoms with Crippen molar-refractivity contribution in [2.24, 2.45) is 5.73 Å². The molecule has 20 heavy (non-hydrogen) atoms. The minimum absolute atomic E-state index is 0.0379. The number of carboxylic acids is 2. The van der Waals surface area contributed by atoms with E-state index in [2.05, 4.69) is 5.32 Å². The fourth-order valence-electron chi connectivity index (χ4n) is 1.09. The van der Waals surface area contributed by atoms with Crippen molar-refractivity contribution in [1.82, 2.24) is 5.32 Å². The average molecular weight is 310 g/mol. The summed E-state index contributed by atoms with van der Waals surface area (Å²) in [6.45, 7) is -0.805. The van der Waals surface area contributed by atoms with Gasteiger partial charge in [-0.2, -0.15) is 11.8 Å². The number of nitrogens with one attached hydrogen (secondary N) is 1. The number of carbonyl (C=O) groups excluding carboxylic acids is 1. The molecule has 3 unspecified atom stereocenters. The summed E-state index contributed by atoms with van der Waals surface area (Å²) >= 11 is 1.14. The minimum Gasteiger partial charge on any atom is -0.480 e. The van der Waals surface area contributed by atoms with Crippen LogP contribution in [0.2, 0.25) is 0 Å². The molecule has 1 amide bonds. The Balaban J connectivity index is 4.13. The van der Waals surface area contributed by atoms with Crippen molar-refractivity contribution in [3.05, 3.63) is 0 Å². The maximum absolute atomic E-state index is 11.2. The number of amides is 1. The van der Waals surface area contributed by atoms with Gasteiger partial charge in [-0.15, -0.1) is 0 Å². The third-order valence-corrected chi connectivity index (χ3v) is 3.37. The number of aliphatic hydroxyl groups excluding tert-OH is 2. The lowest BCUT2D eigenvalue weighted by Crippen LogP contribution is -2.46. The highest BCUT2D eigenvalue weighted by atomic mass is 32.2. The van der Waals surface area contributed by atoms with Crippen LogP contribution in [-0.4, -0.2) is 74.6 Å². The molecule has 0 aromatic carbocycles. The lowest BCUT2D eigenvalue weighted by atomic mass is 10.2. The van der Waals surface area contributed by atoms with Gasteiger partial charge >= 0.3 is 11.9 Å². The number of hydrogen-bond acceptors (Lipinski definition) is 7. The predicted molar refractivity (Wildman–Crippen MR) is 70.2 cm³/mol. The molecule has 9 nitrogen and oxygen atoms in total. The summed E-state index contributed by atoms with van der Waals surface area (Å²) in [4.78, 5) is 32.6. The fourth-order valence-corrected chi connectivity index (χ4v) is 2.06. The van der Waals surface area contributed by atoms with Gasteiger partial charge in [-0.25, -0.2) is 4.79 Å². The second-order valence-electron chi connectivity index (χ2n) is 3.91. The molecule has 0 bridgehead atoms. The smallest absolute Gasteiger partial charge is 0.326 e. The maximum Gasteiger partial charge on any atom is 0.326 e. The van der Waals surface area contributed by atoms with Gasteiger partial charge in [-0.3, -0.25) is 9.59 Å². The molecule has 10 heteroatoms. The molecule has 0 aliphatic heterocycles. The quantitative estimate of drug-likeness (QED) is 0.237. The van der Waals surface area contributed by atoms with Crippen molar-refractivity contribution in [2.75, 3.05) is 18.1 Å². The summed E-state index contributed by atoms with van der Waals surface area (Å²) in [5, 5.41) is 37.1. The molecule has 116 valence electrons. The normalized spacial score (nSPS) is 15.2. The van der Waals surface area contributed by atoms with Crippen LogP contribution in [0, 0.1) is 0 Å². The Kier molecular flexibility index (Phi) is 8.88. The van der Waals surface area contributed by atoms with Crippen LogP contribution in [0.5, 0.6) is 0 Å². The molecule has 0 rings (SSSR count). The molecule has 3 atom stereocenters. The maximum atomic E-state index is 11.2. The molecule has 0 aliphatic rings. The monoisotopic (exact) mass is 310 g/mol. The standard InChI is InChI=1S/C10H18N2O7S/c11-5(9(16)17)4-20-2-1-6(10(18)19)12-8(15)7(14)3-13/h5-7,13-14H,1-4,11H2,(H,12,15)(H,16,17)(H,18,19). The predicted octanol–water partition coefficient (Wildman–Crippen LogP) is -2.56. The van der Waals surface area contributed by atoms with Crippen LogP contribution in [0.15, 0.2) is 0 Å². The number of rotatable bonds is 10. The zero-order chi connectivity index (χ0) is 15.7. The number of carboxylic acid groups (broad SMARTS) is 2. The molecule has 7 N–H and O–H groups in total. The van der Waals surface area contributed by atoms with E-state index in [9.17, 15) is 14.4 Å². The van der Waals surface area contributed by atoms with Crippen LogP contribution in [0.1, 0.15) is 6.42 Å². The van der Waals surface area contributed by atoms with Crippen molar-refractivity contribution in [3.63, 3.8) is 0 Å². The molecule has 0 heterocycles. The van der Waals surface area contributed by atoms with Gasteiger partial charge in [0.15, 0.2) is 6.10 Å². The summed E-state index contributed by atoms with van der Waals surface area (Å²) in [5.41, 5.74) is 5.26. The van der Waals surface area contributed by atoms with E-state index < -0.39 is 42.6 Å². The van der Waals surface area contributed by atoms with Crippen molar-refractivity contribution < 1.29 is 34.8 Å². The van der Waals surface area contributed by atoms with Gasteiger partial charge < -0.3 is 31.5 Å². The first-order valence-corrected chi connectivity index (χ1v) is 6.83. The lowest BCUT2D eigenvalue weighted by Gasteiger charge is -2.16. The molecular formula is C10H18N2O7S. The van der Waals surface area contributed by atoms with Crippen molar-refractivity contribution in [2.45, 2.75) is 24.6 Å². The fraction of sp³-hybridized carbons (Fsp3) is 0.700. The Morgan fingerprint density at radius 2 is 1.80 bits per heavy atom. The number of carbonyl (C=O) groups is 3. The Labute approximate surface area is 119 Å². The van der Waals surface area contributed by atoms with E-state index in [-0.39, 0.29) is 17.9 Å². The second kappa shape index (κ2) is 9.53. The first-order chi connectivity index (χ1) is 9.29. The molecular weight excluding hydrogens is 292 g/mol. The Morgan fingerprint density at radius 3 is 2.25 bits per heavy atom. The molecule has 0 aliphatic carbocycles. The highest BCUT2D eigenvalue weighted by Crippen LogP contribution is 2.07. The lowest BCUT2D eigenvalue weighted by molar-refractivity contribution is -0.144. The van der Waals surface area contributed by atoms with Crippen molar-refractivity contribution in [1.29, 1.82) is 0 Å². The topological polar surface area (TPSA) is 170 Å². The number of nitrogens with two attached hydrogens (primary N) is 1. The highest BCUT2D eigenvalue weighted by Gasteiger charge is 2.23.